The van der Waals surface area contributed by atoms with E-state index < -0.39 is 0 Å². The average molecular weight is 307 g/mol. The van der Waals surface area contributed by atoms with Crippen LogP contribution in [0.15, 0.2) is 65.3 Å². The van der Waals surface area contributed by atoms with Gasteiger partial charge in [-0.05, 0) is 42.8 Å². The van der Waals surface area contributed by atoms with Crippen LogP contribution in [0, 0.1) is 0 Å². The summed E-state index contributed by atoms with van der Waals surface area (Å²) in [6.45, 7) is 1.80. The molecule has 0 atom stereocenters. The lowest BCUT2D eigenvalue weighted by Crippen LogP contribution is -2.48. The van der Waals surface area contributed by atoms with Crippen molar-refractivity contribution in [3.8, 4) is 5.75 Å². The number of para-hydroxylation sites is 1. The van der Waals surface area contributed by atoms with Crippen LogP contribution in [0.3, 0.4) is 0 Å². The zero-order valence-corrected chi connectivity index (χ0v) is 13.0. The molecule has 5 heteroatoms. The molecule has 0 aliphatic carbocycles. The van der Waals surface area contributed by atoms with E-state index in [0.717, 1.165) is 11.3 Å². The highest BCUT2D eigenvalue weighted by Gasteiger charge is 2.27. The van der Waals surface area contributed by atoms with E-state index in [9.17, 15) is 9.90 Å². The van der Waals surface area contributed by atoms with Crippen molar-refractivity contribution in [2.24, 2.45) is 4.99 Å². The lowest BCUT2D eigenvalue weighted by molar-refractivity contribution is -0.116. The number of aliphatic imine (C=N–C) groups is 1. The Hall–Kier alpha value is -3.08. The van der Waals surface area contributed by atoms with Crippen LogP contribution in [0.2, 0.25) is 0 Å². The van der Waals surface area contributed by atoms with Gasteiger partial charge in [0, 0.05) is 7.05 Å². The second-order valence-corrected chi connectivity index (χ2v) is 5.26. The molecule has 116 valence electrons. The molecule has 0 saturated heterocycles. The van der Waals surface area contributed by atoms with Crippen LogP contribution in [0.1, 0.15) is 12.5 Å². The average Bonchev–Trinajstić information content (AvgIpc) is 2.54. The van der Waals surface area contributed by atoms with Gasteiger partial charge in [0.25, 0.3) is 5.91 Å². The predicted octanol–water partition coefficient (Wildman–Crippen LogP) is 3.05. The zero-order valence-electron chi connectivity index (χ0n) is 13.0. The van der Waals surface area contributed by atoms with Crippen LogP contribution in [-0.2, 0) is 4.79 Å². The Morgan fingerprint density at radius 1 is 1.04 bits per heavy atom. The number of hydrazine groups is 1. The minimum absolute atomic E-state index is 0.190. The summed E-state index contributed by atoms with van der Waals surface area (Å²) in [7, 11) is 1.83. The summed E-state index contributed by atoms with van der Waals surface area (Å²) in [5.41, 5.74) is 2.21. The number of benzene rings is 2. The number of nitrogens with zero attached hydrogens (tertiary/aromatic N) is 3. The molecule has 2 aromatic rings. The van der Waals surface area contributed by atoms with Crippen LogP contribution in [0.4, 0.5) is 5.69 Å². The van der Waals surface area contributed by atoms with Crippen LogP contribution >= 0.6 is 0 Å². The van der Waals surface area contributed by atoms with E-state index in [1.807, 2.05) is 42.4 Å². The fraction of sp³-hybridized carbons (Fsp3) is 0.111. The summed E-state index contributed by atoms with van der Waals surface area (Å²) in [4.78, 5) is 16.4. The first-order chi connectivity index (χ1) is 11.1. The van der Waals surface area contributed by atoms with E-state index >= 15 is 0 Å². The molecule has 1 N–H and O–H groups in total. The van der Waals surface area contributed by atoms with Crippen molar-refractivity contribution in [1.29, 1.82) is 0 Å². The lowest BCUT2D eigenvalue weighted by Gasteiger charge is -2.38. The highest BCUT2D eigenvalue weighted by atomic mass is 16.3. The molecule has 0 aromatic heterocycles. The number of hydrogen-bond donors (Lipinski definition) is 1. The van der Waals surface area contributed by atoms with Gasteiger partial charge in [-0.25, -0.2) is 5.01 Å². The van der Waals surface area contributed by atoms with Gasteiger partial charge in [0.15, 0.2) is 0 Å². The SMILES string of the molecule is CC1=NC(=O)/C(=C\c2ccc(O)cc2)N(C)N1c1ccccc1. The van der Waals surface area contributed by atoms with E-state index in [-0.39, 0.29) is 11.7 Å². The molecule has 0 unspecified atom stereocenters. The first-order valence-electron chi connectivity index (χ1n) is 7.25. The van der Waals surface area contributed by atoms with Gasteiger partial charge in [0.1, 0.15) is 17.3 Å². The second kappa shape index (κ2) is 5.96. The molecular weight excluding hydrogens is 290 g/mol. The third-order valence-corrected chi connectivity index (χ3v) is 3.63. The van der Waals surface area contributed by atoms with Crippen molar-refractivity contribution in [1.82, 2.24) is 5.01 Å². The summed E-state index contributed by atoms with van der Waals surface area (Å²) in [5, 5.41) is 13.0. The Morgan fingerprint density at radius 2 is 1.70 bits per heavy atom. The molecule has 0 bridgehead atoms. The molecule has 0 fully saturated rings. The molecule has 1 heterocycles. The molecule has 5 nitrogen and oxygen atoms in total. The predicted molar refractivity (Wildman–Crippen MR) is 90.9 cm³/mol. The minimum Gasteiger partial charge on any atom is -0.508 e. The molecule has 1 aliphatic rings. The van der Waals surface area contributed by atoms with Crippen LogP contribution in [0.25, 0.3) is 6.08 Å². The van der Waals surface area contributed by atoms with Crippen molar-refractivity contribution >= 4 is 23.5 Å². The van der Waals surface area contributed by atoms with Crippen LogP contribution in [-0.4, -0.2) is 28.9 Å². The first-order valence-corrected chi connectivity index (χ1v) is 7.25. The summed E-state index contributed by atoms with van der Waals surface area (Å²) in [5.74, 6) is 0.520. The van der Waals surface area contributed by atoms with Crippen LogP contribution < -0.4 is 5.01 Å². The van der Waals surface area contributed by atoms with E-state index in [1.54, 1.807) is 42.3 Å². The number of rotatable bonds is 2. The van der Waals surface area contributed by atoms with Crippen molar-refractivity contribution in [3.05, 3.63) is 65.9 Å². The van der Waals surface area contributed by atoms with Gasteiger partial charge in [-0.3, -0.25) is 9.80 Å². The van der Waals surface area contributed by atoms with Crippen molar-refractivity contribution < 1.29 is 9.90 Å². The van der Waals surface area contributed by atoms with Crippen molar-refractivity contribution in [2.75, 3.05) is 12.1 Å². The Labute approximate surface area is 134 Å². The topological polar surface area (TPSA) is 56.1 Å². The van der Waals surface area contributed by atoms with Gasteiger partial charge < -0.3 is 5.11 Å². The molecule has 1 amide bonds. The normalized spacial score (nSPS) is 16.7. The Bertz CT molecular complexity index is 780. The highest BCUT2D eigenvalue weighted by molar-refractivity contribution is 6.12. The van der Waals surface area contributed by atoms with Gasteiger partial charge in [-0.1, -0.05) is 30.3 Å². The molecule has 0 spiro atoms. The van der Waals surface area contributed by atoms with Gasteiger partial charge in [-0.2, -0.15) is 4.99 Å². The summed E-state index contributed by atoms with van der Waals surface area (Å²) >= 11 is 0. The van der Waals surface area contributed by atoms with Gasteiger partial charge in [0.05, 0.1) is 5.69 Å². The Kier molecular flexibility index (Phi) is 3.85. The van der Waals surface area contributed by atoms with E-state index in [2.05, 4.69) is 4.99 Å². The number of anilines is 1. The number of amides is 1. The standard InChI is InChI=1S/C18H17N3O2/c1-13-19-18(23)17(12-14-8-10-16(22)11-9-14)20(2)21(13)15-6-4-3-5-7-15/h3-12,22H,1-2H3/b17-12+. The molecule has 3 rings (SSSR count). The summed E-state index contributed by atoms with van der Waals surface area (Å²) in [6, 6.07) is 16.4. The quantitative estimate of drug-likeness (QED) is 0.866. The maximum Gasteiger partial charge on any atom is 0.296 e. The van der Waals surface area contributed by atoms with Crippen molar-refractivity contribution in [2.45, 2.75) is 6.92 Å². The maximum absolute atomic E-state index is 12.3. The molecule has 1 aliphatic heterocycles. The van der Waals surface area contributed by atoms with E-state index in [0.29, 0.717) is 11.5 Å². The number of carbonyl (C=O) groups is 1. The van der Waals surface area contributed by atoms with E-state index in [4.69, 9.17) is 0 Å². The van der Waals surface area contributed by atoms with Crippen LogP contribution in [0.5, 0.6) is 5.75 Å². The number of phenols is 1. The third-order valence-electron chi connectivity index (χ3n) is 3.63. The summed E-state index contributed by atoms with van der Waals surface area (Å²) in [6.07, 6.45) is 1.76. The molecule has 23 heavy (non-hydrogen) atoms. The largest absolute Gasteiger partial charge is 0.508 e. The first kappa shape index (κ1) is 14.8. The smallest absolute Gasteiger partial charge is 0.296 e. The third kappa shape index (κ3) is 2.94. The minimum atomic E-state index is -0.287. The van der Waals surface area contributed by atoms with E-state index in [1.165, 1.54) is 0 Å². The Morgan fingerprint density at radius 3 is 2.35 bits per heavy atom. The second-order valence-electron chi connectivity index (χ2n) is 5.26. The highest BCUT2D eigenvalue weighted by Crippen LogP contribution is 2.25. The van der Waals surface area contributed by atoms with Gasteiger partial charge >= 0.3 is 0 Å². The fourth-order valence-corrected chi connectivity index (χ4v) is 2.53. The molecule has 2 aromatic carbocycles. The maximum atomic E-state index is 12.3. The van der Waals surface area contributed by atoms with Crippen molar-refractivity contribution in [3.63, 3.8) is 0 Å². The molecule has 0 saturated carbocycles. The number of likely N-dealkylation sites (N-methyl/N-ethyl adjacent to an activating group) is 1. The fourth-order valence-electron chi connectivity index (χ4n) is 2.53. The molecular formula is C18H17N3O2. The lowest BCUT2D eigenvalue weighted by atomic mass is 10.1. The Balaban J connectivity index is 2.02. The number of phenolic OH excluding ortho intramolecular Hbond substituents is 1. The number of aromatic hydroxyl groups is 1. The number of carbonyl (C=O) groups excluding carboxylic acids is 1. The number of amidine groups is 1. The van der Waals surface area contributed by atoms with Gasteiger partial charge in [0.2, 0.25) is 0 Å². The summed E-state index contributed by atoms with van der Waals surface area (Å²) < 4.78 is 0. The van der Waals surface area contributed by atoms with Gasteiger partial charge in [-0.15, -0.1) is 0 Å². The zero-order chi connectivity index (χ0) is 16.4. The monoisotopic (exact) mass is 307 g/mol. The number of hydrogen-bond acceptors (Lipinski definition) is 4. The molecule has 0 radical (unpaired) electrons.